The molecule has 4 heteroatoms. The van der Waals surface area contributed by atoms with Crippen LogP contribution < -0.4 is 5.43 Å². The molecule has 2 fully saturated rings. The minimum Gasteiger partial charge on any atom is -0.391 e. The molecule has 0 aromatic carbocycles. The molecule has 2 aliphatic rings. The van der Waals surface area contributed by atoms with Crippen LogP contribution in [0.4, 0.5) is 0 Å². The first kappa shape index (κ1) is 10.9. The van der Waals surface area contributed by atoms with Crippen molar-refractivity contribution in [3.8, 4) is 0 Å². The topological polar surface area (TPSA) is 52.6 Å². The third kappa shape index (κ3) is 2.32. The molecule has 86 valence electrons. The largest absolute Gasteiger partial charge is 0.391 e. The normalized spacial score (nSPS) is 37.1. The van der Waals surface area contributed by atoms with Crippen molar-refractivity contribution in [2.24, 2.45) is 5.92 Å². The Hall–Kier alpha value is -0.610. The van der Waals surface area contributed by atoms with Gasteiger partial charge in [0.15, 0.2) is 0 Å². The quantitative estimate of drug-likeness (QED) is 0.671. The Bertz CT molecular complexity index is 243. The van der Waals surface area contributed by atoms with Crippen LogP contribution in [0.1, 0.15) is 39.0 Å². The molecule has 0 spiro atoms. The van der Waals surface area contributed by atoms with E-state index in [2.05, 4.69) is 5.43 Å². The molecule has 1 amide bonds. The van der Waals surface area contributed by atoms with E-state index in [9.17, 15) is 9.90 Å². The summed E-state index contributed by atoms with van der Waals surface area (Å²) >= 11 is 0. The van der Waals surface area contributed by atoms with Crippen LogP contribution in [0, 0.1) is 5.92 Å². The molecule has 1 saturated carbocycles. The van der Waals surface area contributed by atoms with Gasteiger partial charge in [-0.15, -0.1) is 0 Å². The summed E-state index contributed by atoms with van der Waals surface area (Å²) < 4.78 is 0. The van der Waals surface area contributed by atoms with Gasteiger partial charge in [0.2, 0.25) is 5.91 Å². The zero-order valence-corrected chi connectivity index (χ0v) is 9.28. The van der Waals surface area contributed by atoms with Crippen LogP contribution in [0.5, 0.6) is 0 Å². The molecular weight excluding hydrogens is 192 g/mol. The summed E-state index contributed by atoms with van der Waals surface area (Å²) in [5, 5.41) is 12.0. The smallest absolute Gasteiger partial charge is 0.231 e. The number of fused-ring (bicyclic) bond motifs is 1. The van der Waals surface area contributed by atoms with Gasteiger partial charge in [0, 0.05) is 13.5 Å². The van der Waals surface area contributed by atoms with Crippen LogP contribution in [-0.2, 0) is 4.79 Å². The minimum atomic E-state index is -0.268. The van der Waals surface area contributed by atoms with Gasteiger partial charge in [-0.1, -0.05) is 6.42 Å². The van der Waals surface area contributed by atoms with Crippen molar-refractivity contribution in [2.75, 3.05) is 6.54 Å². The van der Waals surface area contributed by atoms with E-state index in [1.54, 1.807) is 0 Å². The first-order valence-corrected chi connectivity index (χ1v) is 5.90. The summed E-state index contributed by atoms with van der Waals surface area (Å²) in [5.74, 6) is 0.530. The number of hydrazine groups is 1. The van der Waals surface area contributed by atoms with E-state index in [4.69, 9.17) is 0 Å². The van der Waals surface area contributed by atoms with Gasteiger partial charge in [-0.3, -0.25) is 10.2 Å². The molecule has 1 aliphatic carbocycles. The third-order valence-electron chi connectivity index (χ3n) is 3.59. The lowest BCUT2D eigenvalue weighted by atomic mass is 9.77. The van der Waals surface area contributed by atoms with E-state index in [0.29, 0.717) is 5.92 Å². The van der Waals surface area contributed by atoms with E-state index in [-0.39, 0.29) is 18.1 Å². The predicted octanol–water partition coefficient (Wildman–Crippen LogP) is 0.663. The second kappa shape index (κ2) is 4.49. The van der Waals surface area contributed by atoms with E-state index < -0.39 is 0 Å². The number of hydrogen-bond donors (Lipinski definition) is 2. The van der Waals surface area contributed by atoms with Gasteiger partial charge < -0.3 is 5.11 Å². The lowest BCUT2D eigenvalue weighted by Gasteiger charge is -2.46. The number of aliphatic hydroxyl groups excluding tert-OH is 1. The Labute approximate surface area is 90.6 Å². The molecule has 15 heavy (non-hydrogen) atoms. The van der Waals surface area contributed by atoms with Gasteiger partial charge in [0.25, 0.3) is 0 Å². The molecule has 4 nitrogen and oxygen atoms in total. The minimum absolute atomic E-state index is 0.0339. The van der Waals surface area contributed by atoms with Crippen molar-refractivity contribution in [1.29, 1.82) is 0 Å². The summed E-state index contributed by atoms with van der Waals surface area (Å²) in [6.07, 6.45) is 5.23. The maximum atomic E-state index is 11.1. The first-order valence-electron chi connectivity index (χ1n) is 5.90. The lowest BCUT2D eigenvalue weighted by Crippen LogP contribution is -2.59. The Morgan fingerprint density at radius 1 is 1.33 bits per heavy atom. The maximum Gasteiger partial charge on any atom is 0.231 e. The van der Waals surface area contributed by atoms with Gasteiger partial charge in [0.1, 0.15) is 0 Å². The monoisotopic (exact) mass is 212 g/mol. The number of carbonyl (C=O) groups excluding carboxylic acids is 1. The molecule has 0 aromatic rings. The fourth-order valence-corrected chi connectivity index (χ4v) is 3.03. The summed E-state index contributed by atoms with van der Waals surface area (Å²) in [5.41, 5.74) is 2.85. The lowest BCUT2D eigenvalue weighted by molar-refractivity contribution is -0.130. The van der Waals surface area contributed by atoms with E-state index in [0.717, 1.165) is 25.8 Å². The highest BCUT2D eigenvalue weighted by Crippen LogP contribution is 2.34. The number of amides is 1. The SMILES string of the molecule is CC(=O)NN1CCCC2CCCC(O)C21. The fourth-order valence-electron chi connectivity index (χ4n) is 3.03. The fraction of sp³-hybridized carbons (Fsp3) is 0.909. The van der Waals surface area contributed by atoms with Crippen LogP contribution in [0.25, 0.3) is 0 Å². The Balaban J connectivity index is 2.05. The molecule has 0 radical (unpaired) electrons. The van der Waals surface area contributed by atoms with Crippen molar-refractivity contribution >= 4 is 5.91 Å². The average Bonchev–Trinajstić information content (AvgIpc) is 2.17. The molecule has 1 saturated heterocycles. The number of nitrogens with one attached hydrogen (secondary N) is 1. The van der Waals surface area contributed by atoms with E-state index >= 15 is 0 Å². The second-order valence-electron chi connectivity index (χ2n) is 4.75. The highest BCUT2D eigenvalue weighted by atomic mass is 16.3. The van der Waals surface area contributed by atoms with Gasteiger partial charge >= 0.3 is 0 Å². The van der Waals surface area contributed by atoms with Gasteiger partial charge in [0.05, 0.1) is 12.1 Å². The summed E-state index contributed by atoms with van der Waals surface area (Å²) in [6, 6.07) is 0.149. The number of carbonyl (C=O) groups is 1. The molecule has 2 rings (SSSR count). The molecule has 1 heterocycles. The molecule has 0 bridgehead atoms. The van der Waals surface area contributed by atoms with Gasteiger partial charge in [-0.2, -0.15) is 0 Å². The van der Waals surface area contributed by atoms with Gasteiger partial charge in [-0.25, -0.2) is 5.01 Å². The Morgan fingerprint density at radius 2 is 2.07 bits per heavy atom. The van der Waals surface area contributed by atoms with Crippen LogP contribution in [0.3, 0.4) is 0 Å². The summed E-state index contributed by atoms with van der Waals surface area (Å²) in [4.78, 5) is 11.1. The first-order chi connectivity index (χ1) is 7.18. The van der Waals surface area contributed by atoms with Crippen LogP contribution in [-0.4, -0.2) is 34.7 Å². The molecule has 2 N–H and O–H groups in total. The van der Waals surface area contributed by atoms with E-state index in [1.807, 2.05) is 5.01 Å². The average molecular weight is 212 g/mol. The zero-order chi connectivity index (χ0) is 10.8. The van der Waals surface area contributed by atoms with Crippen molar-refractivity contribution in [3.63, 3.8) is 0 Å². The molecule has 0 aromatic heterocycles. The van der Waals surface area contributed by atoms with Gasteiger partial charge in [-0.05, 0) is 31.6 Å². The number of hydrogen-bond acceptors (Lipinski definition) is 3. The second-order valence-corrected chi connectivity index (χ2v) is 4.75. The standard InChI is InChI=1S/C11H20N2O2/c1-8(14)12-13-7-3-5-9-4-2-6-10(15)11(9)13/h9-11,15H,2-7H2,1H3,(H,12,14). The predicted molar refractivity (Wildman–Crippen MR) is 56.9 cm³/mol. The van der Waals surface area contributed by atoms with Crippen molar-refractivity contribution < 1.29 is 9.90 Å². The summed E-state index contributed by atoms with van der Waals surface area (Å²) in [6.45, 7) is 2.40. The van der Waals surface area contributed by atoms with Crippen molar-refractivity contribution in [3.05, 3.63) is 0 Å². The van der Waals surface area contributed by atoms with Crippen LogP contribution >= 0.6 is 0 Å². The maximum absolute atomic E-state index is 11.1. The number of aliphatic hydroxyl groups is 1. The highest BCUT2D eigenvalue weighted by molar-refractivity contribution is 5.72. The Kier molecular flexibility index (Phi) is 3.26. The van der Waals surface area contributed by atoms with Crippen molar-refractivity contribution in [1.82, 2.24) is 10.4 Å². The Morgan fingerprint density at radius 3 is 2.80 bits per heavy atom. The van der Waals surface area contributed by atoms with Crippen LogP contribution in [0.15, 0.2) is 0 Å². The van der Waals surface area contributed by atoms with Crippen molar-refractivity contribution in [2.45, 2.75) is 51.2 Å². The molecular formula is C11H20N2O2. The molecule has 3 atom stereocenters. The molecule has 3 unspecified atom stereocenters. The number of rotatable bonds is 1. The highest BCUT2D eigenvalue weighted by Gasteiger charge is 2.39. The van der Waals surface area contributed by atoms with Crippen LogP contribution in [0.2, 0.25) is 0 Å². The number of nitrogens with zero attached hydrogens (tertiary/aromatic N) is 1. The number of piperidine rings is 1. The summed E-state index contributed by atoms with van der Waals surface area (Å²) in [7, 11) is 0. The van der Waals surface area contributed by atoms with E-state index in [1.165, 1.54) is 19.8 Å². The third-order valence-corrected chi connectivity index (χ3v) is 3.59. The zero-order valence-electron chi connectivity index (χ0n) is 9.28. The molecule has 1 aliphatic heterocycles.